The number of nitrogen functional groups attached to an aromatic ring is 1. The quantitative estimate of drug-likeness (QED) is 0.594. The van der Waals surface area contributed by atoms with Crippen LogP contribution in [0.1, 0.15) is 18.1 Å². The van der Waals surface area contributed by atoms with E-state index in [4.69, 9.17) is 10.5 Å². The highest BCUT2D eigenvalue weighted by atomic mass is 19.1. The molecule has 0 fully saturated rings. The van der Waals surface area contributed by atoms with E-state index < -0.39 is 6.67 Å². The zero-order chi connectivity index (χ0) is 15.8. The number of benzene rings is 2. The molecule has 0 amide bonds. The SMILES string of the molecule is CCNc1ccc(C=Cc2ccc(N)c(OCCF)c2)cc1. The first-order valence-corrected chi connectivity index (χ1v) is 7.33. The van der Waals surface area contributed by atoms with E-state index in [1.807, 2.05) is 48.6 Å². The highest BCUT2D eigenvalue weighted by Crippen LogP contribution is 2.24. The minimum Gasteiger partial charge on any atom is -0.489 e. The lowest BCUT2D eigenvalue weighted by Gasteiger charge is -2.08. The molecule has 0 aliphatic carbocycles. The second kappa shape index (κ2) is 8.08. The van der Waals surface area contributed by atoms with Gasteiger partial charge in [-0.2, -0.15) is 0 Å². The standard InChI is InChI=1S/C18H21FN2O/c1-2-21-16-8-5-14(6-9-16)3-4-15-7-10-17(20)18(13-15)22-12-11-19/h3-10,13,21H,2,11-12,20H2,1H3. The van der Waals surface area contributed by atoms with Crippen LogP contribution in [0.25, 0.3) is 12.2 Å². The van der Waals surface area contributed by atoms with Gasteiger partial charge in [0, 0.05) is 12.2 Å². The molecule has 0 aliphatic rings. The number of rotatable bonds is 7. The highest BCUT2D eigenvalue weighted by molar-refractivity contribution is 5.72. The highest BCUT2D eigenvalue weighted by Gasteiger charge is 2.01. The summed E-state index contributed by atoms with van der Waals surface area (Å²) in [5.74, 6) is 0.516. The maximum atomic E-state index is 12.2. The van der Waals surface area contributed by atoms with E-state index in [1.165, 1.54) is 0 Å². The van der Waals surface area contributed by atoms with Crippen LogP contribution in [0, 0.1) is 0 Å². The Bertz CT molecular complexity index is 623. The third-order valence-corrected chi connectivity index (χ3v) is 3.13. The third kappa shape index (κ3) is 4.52. The van der Waals surface area contributed by atoms with E-state index in [2.05, 4.69) is 12.2 Å². The van der Waals surface area contributed by atoms with Gasteiger partial charge in [0.15, 0.2) is 0 Å². The lowest BCUT2D eigenvalue weighted by molar-refractivity contribution is 0.274. The Morgan fingerprint density at radius 2 is 1.77 bits per heavy atom. The van der Waals surface area contributed by atoms with Gasteiger partial charge >= 0.3 is 0 Å². The first-order chi connectivity index (χ1) is 10.7. The topological polar surface area (TPSA) is 47.3 Å². The molecule has 0 aromatic heterocycles. The van der Waals surface area contributed by atoms with Crippen molar-refractivity contribution in [2.24, 2.45) is 0 Å². The molecular formula is C18H21FN2O. The van der Waals surface area contributed by atoms with Crippen molar-refractivity contribution in [1.29, 1.82) is 0 Å². The maximum absolute atomic E-state index is 12.2. The molecule has 0 unspecified atom stereocenters. The maximum Gasteiger partial charge on any atom is 0.142 e. The normalized spacial score (nSPS) is 10.8. The van der Waals surface area contributed by atoms with Gasteiger partial charge in [0.05, 0.1) is 5.69 Å². The number of hydrogen-bond donors (Lipinski definition) is 2. The van der Waals surface area contributed by atoms with Gasteiger partial charge in [-0.15, -0.1) is 0 Å². The second-order valence-electron chi connectivity index (χ2n) is 4.82. The zero-order valence-electron chi connectivity index (χ0n) is 12.7. The molecule has 0 spiro atoms. The fraction of sp³-hybridized carbons (Fsp3) is 0.222. The molecule has 0 aliphatic heterocycles. The summed E-state index contributed by atoms with van der Waals surface area (Å²) in [7, 11) is 0. The Hall–Kier alpha value is -2.49. The molecule has 0 bridgehead atoms. The van der Waals surface area contributed by atoms with E-state index >= 15 is 0 Å². The summed E-state index contributed by atoms with van der Waals surface area (Å²) in [6.45, 7) is 2.46. The van der Waals surface area contributed by atoms with Crippen molar-refractivity contribution in [3.05, 3.63) is 53.6 Å². The molecule has 0 radical (unpaired) electrons. The van der Waals surface area contributed by atoms with Gasteiger partial charge in [-0.1, -0.05) is 30.4 Å². The smallest absolute Gasteiger partial charge is 0.142 e. The second-order valence-corrected chi connectivity index (χ2v) is 4.82. The molecule has 116 valence electrons. The first-order valence-electron chi connectivity index (χ1n) is 7.33. The van der Waals surface area contributed by atoms with Crippen LogP contribution >= 0.6 is 0 Å². The summed E-state index contributed by atoms with van der Waals surface area (Å²) in [6.07, 6.45) is 3.99. The predicted octanol–water partition coefficient (Wildman–Crippen LogP) is 4.22. The number of alkyl halides is 1. The van der Waals surface area contributed by atoms with E-state index in [1.54, 1.807) is 6.07 Å². The summed E-state index contributed by atoms with van der Waals surface area (Å²) in [6, 6.07) is 13.7. The number of halogens is 1. The predicted molar refractivity (Wildman–Crippen MR) is 91.9 cm³/mol. The van der Waals surface area contributed by atoms with Crippen LogP contribution in [0.15, 0.2) is 42.5 Å². The van der Waals surface area contributed by atoms with Crippen LogP contribution in [0.3, 0.4) is 0 Å². The molecule has 2 aromatic carbocycles. The fourth-order valence-corrected chi connectivity index (χ4v) is 2.04. The van der Waals surface area contributed by atoms with E-state index in [-0.39, 0.29) is 6.61 Å². The van der Waals surface area contributed by atoms with Crippen LogP contribution in [0.5, 0.6) is 5.75 Å². The van der Waals surface area contributed by atoms with Crippen molar-refractivity contribution in [3.63, 3.8) is 0 Å². The van der Waals surface area contributed by atoms with Gasteiger partial charge in [-0.25, -0.2) is 4.39 Å². The number of hydrogen-bond acceptors (Lipinski definition) is 3. The van der Waals surface area contributed by atoms with Crippen LogP contribution in [-0.2, 0) is 0 Å². The number of anilines is 2. The lowest BCUT2D eigenvalue weighted by atomic mass is 10.1. The summed E-state index contributed by atoms with van der Waals surface area (Å²) in [5, 5.41) is 3.26. The van der Waals surface area contributed by atoms with Gasteiger partial charge in [0.1, 0.15) is 19.0 Å². The molecule has 0 heterocycles. The number of nitrogens with two attached hydrogens (primary N) is 1. The average Bonchev–Trinajstić information content (AvgIpc) is 2.54. The van der Waals surface area contributed by atoms with Gasteiger partial charge in [0.2, 0.25) is 0 Å². The fourth-order valence-electron chi connectivity index (χ4n) is 2.04. The summed E-state index contributed by atoms with van der Waals surface area (Å²) >= 11 is 0. The largest absolute Gasteiger partial charge is 0.489 e. The van der Waals surface area contributed by atoms with Gasteiger partial charge in [-0.3, -0.25) is 0 Å². The Morgan fingerprint density at radius 3 is 2.45 bits per heavy atom. The van der Waals surface area contributed by atoms with E-state index in [0.717, 1.165) is 23.4 Å². The van der Waals surface area contributed by atoms with E-state index in [9.17, 15) is 4.39 Å². The van der Waals surface area contributed by atoms with Gasteiger partial charge in [-0.05, 0) is 42.3 Å². The van der Waals surface area contributed by atoms with Gasteiger partial charge < -0.3 is 15.8 Å². The van der Waals surface area contributed by atoms with Crippen LogP contribution in [0.2, 0.25) is 0 Å². The van der Waals surface area contributed by atoms with Crippen LogP contribution in [0.4, 0.5) is 15.8 Å². The molecule has 3 nitrogen and oxygen atoms in total. The Morgan fingerprint density at radius 1 is 1.09 bits per heavy atom. The molecule has 0 saturated carbocycles. The molecule has 4 heteroatoms. The van der Waals surface area contributed by atoms with Crippen molar-refractivity contribution >= 4 is 23.5 Å². The monoisotopic (exact) mass is 300 g/mol. The summed E-state index contributed by atoms with van der Waals surface area (Å²) in [5.41, 5.74) is 9.48. The van der Waals surface area contributed by atoms with Gasteiger partial charge in [0.25, 0.3) is 0 Å². The number of nitrogens with one attached hydrogen (secondary N) is 1. The van der Waals surface area contributed by atoms with Crippen molar-refractivity contribution in [1.82, 2.24) is 0 Å². The molecule has 3 N–H and O–H groups in total. The number of ether oxygens (including phenoxy) is 1. The molecule has 0 saturated heterocycles. The van der Waals surface area contributed by atoms with Crippen molar-refractivity contribution in [2.45, 2.75) is 6.92 Å². The van der Waals surface area contributed by atoms with Crippen molar-refractivity contribution in [2.75, 3.05) is 30.9 Å². The zero-order valence-corrected chi connectivity index (χ0v) is 12.7. The molecule has 2 aromatic rings. The minimum atomic E-state index is -0.530. The van der Waals surface area contributed by atoms with Crippen molar-refractivity contribution in [3.8, 4) is 5.75 Å². The molecule has 0 atom stereocenters. The Balaban J connectivity index is 2.08. The Labute approximate surface area is 130 Å². The van der Waals surface area contributed by atoms with Crippen molar-refractivity contribution < 1.29 is 9.13 Å². The molecular weight excluding hydrogens is 279 g/mol. The van der Waals surface area contributed by atoms with E-state index in [0.29, 0.717) is 11.4 Å². The summed E-state index contributed by atoms with van der Waals surface area (Å²) < 4.78 is 17.5. The first kappa shape index (κ1) is 15.9. The Kier molecular flexibility index (Phi) is 5.83. The molecule has 22 heavy (non-hydrogen) atoms. The third-order valence-electron chi connectivity index (χ3n) is 3.13. The minimum absolute atomic E-state index is 0.0171. The summed E-state index contributed by atoms with van der Waals surface area (Å²) in [4.78, 5) is 0. The average molecular weight is 300 g/mol. The van der Waals surface area contributed by atoms with Crippen LogP contribution < -0.4 is 15.8 Å². The molecule has 2 rings (SSSR count). The van der Waals surface area contributed by atoms with Crippen LogP contribution in [-0.4, -0.2) is 19.8 Å². The lowest BCUT2D eigenvalue weighted by Crippen LogP contribution is -2.01.